The largest absolute Gasteiger partial charge is 0.440 e. The van der Waals surface area contributed by atoms with Crippen LogP contribution in [0.15, 0.2) is 52.9 Å². The molecule has 2 aromatic carbocycles. The van der Waals surface area contributed by atoms with E-state index >= 15 is 0 Å². The van der Waals surface area contributed by atoms with E-state index in [1.807, 2.05) is 36.4 Å². The fourth-order valence-corrected chi connectivity index (χ4v) is 2.09. The van der Waals surface area contributed by atoms with E-state index in [2.05, 4.69) is 17.1 Å². The molecule has 0 unspecified atom stereocenters. The lowest BCUT2D eigenvalue weighted by Gasteiger charge is -1.99. The van der Waals surface area contributed by atoms with Crippen LogP contribution in [0.1, 0.15) is 17.0 Å². The lowest BCUT2D eigenvalue weighted by atomic mass is 10.1. The molecule has 0 bridgehead atoms. The third-order valence-electron chi connectivity index (χ3n) is 2.87. The molecule has 0 radical (unpaired) electrons. The number of fused-ring (bicyclic) bond motifs is 1. The van der Waals surface area contributed by atoms with Crippen LogP contribution in [0.2, 0.25) is 0 Å². The summed E-state index contributed by atoms with van der Waals surface area (Å²) in [5, 5.41) is 0. The first-order valence-corrected chi connectivity index (χ1v) is 6.37. The molecule has 0 fully saturated rings. The average molecular weight is 258 g/mol. The first kappa shape index (κ1) is 11.3. The van der Waals surface area contributed by atoms with Crippen molar-refractivity contribution in [3.63, 3.8) is 0 Å². The number of para-hydroxylation sites is 2. The molecule has 0 saturated carbocycles. The standard InChI is InChI=1S/C15H12ClNO/c16-10-12-7-5-11(6-8-12)9-15-17-13-3-1-2-4-14(13)18-15/h1-8H,9-10H2. The minimum absolute atomic E-state index is 0.545. The third-order valence-corrected chi connectivity index (χ3v) is 3.18. The van der Waals surface area contributed by atoms with E-state index < -0.39 is 0 Å². The molecule has 0 aliphatic carbocycles. The maximum Gasteiger partial charge on any atom is 0.199 e. The first-order valence-electron chi connectivity index (χ1n) is 5.83. The Balaban J connectivity index is 1.86. The van der Waals surface area contributed by atoms with Gasteiger partial charge in [0.1, 0.15) is 5.52 Å². The molecule has 18 heavy (non-hydrogen) atoms. The van der Waals surface area contributed by atoms with Crippen LogP contribution in [0.3, 0.4) is 0 Å². The summed E-state index contributed by atoms with van der Waals surface area (Å²) in [6.07, 6.45) is 0.706. The fourth-order valence-electron chi connectivity index (χ4n) is 1.92. The second kappa shape index (κ2) is 4.83. The second-order valence-electron chi connectivity index (χ2n) is 4.20. The van der Waals surface area contributed by atoms with Gasteiger partial charge in [0.25, 0.3) is 0 Å². The zero-order valence-electron chi connectivity index (χ0n) is 9.77. The summed E-state index contributed by atoms with van der Waals surface area (Å²) in [6, 6.07) is 16.0. The molecule has 0 atom stereocenters. The van der Waals surface area contributed by atoms with Gasteiger partial charge in [-0.15, -0.1) is 11.6 Å². The first-order chi connectivity index (χ1) is 8.85. The van der Waals surface area contributed by atoms with Gasteiger partial charge in [0, 0.05) is 12.3 Å². The number of nitrogens with zero attached hydrogens (tertiary/aromatic N) is 1. The quantitative estimate of drug-likeness (QED) is 0.659. The number of halogens is 1. The van der Waals surface area contributed by atoms with Crippen LogP contribution in [0.4, 0.5) is 0 Å². The van der Waals surface area contributed by atoms with Gasteiger partial charge >= 0.3 is 0 Å². The van der Waals surface area contributed by atoms with E-state index in [1.54, 1.807) is 0 Å². The lowest BCUT2D eigenvalue weighted by molar-refractivity contribution is 0.544. The molecule has 0 spiro atoms. The summed E-state index contributed by atoms with van der Waals surface area (Å²) in [5.41, 5.74) is 4.04. The van der Waals surface area contributed by atoms with Crippen LogP contribution >= 0.6 is 11.6 Å². The zero-order valence-corrected chi connectivity index (χ0v) is 10.5. The Morgan fingerprint density at radius 3 is 2.39 bits per heavy atom. The van der Waals surface area contributed by atoms with E-state index in [9.17, 15) is 0 Å². The summed E-state index contributed by atoms with van der Waals surface area (Å²) in [6.45, 7) is 0. The Bertz CT molecular complexity index is 625. The molecule has 1 heterocycles. The van der Waals surface area contributed by atoms with Gasteiger partial charge in [0.05, 0.1) is 0 Å². The van der Waals surface area contributed by atoms with Gasteiger partial charge in [-0.05, 0) is 23.3 Å². The smallest absolute Gasteiger partial charge is 0.199 e. The van der Waals surface area contributed by atoms with Gasteiger partial charge in [0.2, 0.25) is 0 Å². The highest BCUT2D eigenvalue weighted by Gasteiger charge is 2.05. The van der Waals surface area contributed by atoms with Gasteiger partial charge in [0.15, 0.2) is 11.5 Å². The molecule has 3 rings (SSSR count). The van der Waals surface area contributed by atoms with Crippen molar-refractivity contribution >= 4 is 22.7 Å². The highest BCUT2D eigenvalue weighted by Crippen LogP contribution is 2.17. The molecule has 0 amide bonds. The van der Waals surface area contributed by atoms with Gasteiger partial charge < -0.3 is 4.42 Å². The van der Waals surface area contributed by atoms with Crippen molar-refractivity contribution in [3.8, 4) is 0 Å². The predicted molar refractivity (Wildman–Crippen MR) is 72.8 cm³/mol. The summed E-state index contributed by atoms with van der Waals surface area (Å²) in [7, 11) is 0. The Morgan fingerprint density at radius 1 is 0.944 bits per heavy atom. The predicted octanol–water partition coefficient (Wildman–Crippen LogP) is 4.16. The summed E-state index contributed by atoms with van der Waals surface area (Å²) < 4.78 is 5.69. The second-order valence-corrected chi connectivity index (χ2v) is 4.47. The maximum atomic E-state index is 5.76. The molecule has 0 aliphatic heterocycles. The highest BCUT2D eigenvalue weighted by molar-refractivity contribution is 6.17. The van der Waals surface area contributed by atoms with Crippen molar-refractivity contribution in [3.05, 3.63) is 65.5 Å². The van der Waals surface area contributed by atoms with Crippen molar-refractivity contribution in [1.82, 2.24) is 4.98 Å². The number of hydrogen-bond donors (Lipinski definition) is 0. The monoisotopic (exact) mass is 257 g/mol. The maximum absolute atomic E-state index is 5.76. The van der Waals surface area contributed by atoms with Crippen LogP contribution in [0.25, 0.3) is 11.1 Å². The topological polar surface area (TPSA) is 26.0 Å². The molecular formula is C15H12ClNO. The van der Waals surface area contributed by atoms with Gasteiger partial charge in [-0.1, -0.05) is 36.4 Å². The van der Waals surface area contributed by atoms with Crippen LogP contribution in [-0.4, -0.2) is 4.98 Å². The zero-order chi connectivity index (χ0) is 12.4. The number of aromatic nitrogens is 1. The molecular weight excluding hydrogens is 246 g/mol. The number of oxazole rings is 1. The van der Waals surface area contributed by atoms with Crippen LogP contribution in [0.5, 0.6) is 0 Å². The molecule has 90 valence electrons. The van der Waals surface area contributed by atoms with Crippen LogP contribution < -0.4 is 0 Å². The minimum atomic E-state index is 0.545. The molecule has 1 aromatic heterocycles. The number of rotatable bonds is 3. The Morgan fingerprint density at radius 2 is 1.67 bits per heavy atom. The van der Waals surface area contributed by atoms with E-state index in [0.29, 0.717) is 12.3 Å². The summed E-state index contributed by atoms with van der Waals surface area (Å²) in [5.74, 6) is 1.29. The van der Waals surface area contributed by atoms with Gasteiger partial charge in [-0.2, -0.15) is 0 Å². The van der Waals surface area contributed by atoms with Crippen LogP contribution in [-0.2, 0) is 12.3 Å². The Labute approximate surface area is 110 Å². The Hall–Kier alpha value is -1.80. The molecule has 3 heteroatoms. The normalized spacial score (nSPS) is 10.9. The van der Waals surface area contributed by atoms with E-state index in [-0.39, 0.29) is 0 Å². The molecule has 2 nitrogen and oxygen atoms in total. The highest BCUT2D eigenvalue weighted by atomic mass is 35.5. The Kier molecular flexibility index (Phi) is 3.03. The minimum Gasteiger partial charge on any atom is -0.440 e. The summed E-state index contributed by atoms with van der Waals surface area (Å²) in [4.78, 5) is 4.46. The SMILES string of the molecule is ClCc1ccc(Cc2nc3ccccc3o2)cc1. The van der Waals surface area contributed by atoms with Crippen molar-refractivity contribution in [2.75, 3.05) is 0 Å². The fraction of sp³-hybridized carbons (Fsp3) is 0.133. The van der Waals surface area contributed by atoms with Crippen LogP contribution in [0, 0.1) is 0 Å². The van der Waals surface area contributed by atoms with Crippen molar-refractivity contribution in [1.29, 1.82) is 0 Å². The van der Waals surface area contributed by atoms with E-state index in [0.717, 1.165) is 22.6 Å². The summed E-state index contributed by atoms with van der Waals surface area (Å²) >= 11 is 5.76. The van der Waals surface area contributed by atoms with Gasteiger partial charge in [-0.3, -0.25) is 0 Å². The molecule has 0 aliphatic rings. The lowest BCUT2D eigenvalue weighted by Crippen LogP contribution is -1.88. The van der Waals surface area contributed by atoms with Crippen molar-refractivity contribution in [2.24, 2.45) is 0 Å². The van der Waals surface area contributed by atoms with Gasteiger partial charge in [-0.25, -0.2) is 4.98 Å². The molecule has 3 aromatic rings. The van der Waals surface area contributed by atoms with E-state index in [4.69, 9.17) is 16.0 Å². The number of alkyl halides is 1. The third kappa shape index (κ3) is 2.24. The number of hydrogen-bond acceptors (Lipinski definition) is 2. The number of benzene rings is 2. The van der Waals surface area contributed by atoms with Crippen molar-refractivity contribution < 1.29 is 4.42 Å². The van der Waals surface area contributed by atoms with E-state index in [1.165, 1.54) is 5.56 Å². The molecule has 0 saturated heterocycles. The van der Waals surface area contributed by atoms with Crippen molar-refractivity contribution in [2.45, 2.75) is 12.3 Å². The molecule has 0 N–H and O–H groups in total. The average Bonchev–Trinajstić information content (AvgIpc) is 2.82.